The zero-order valence-corrected chi connectivity index (χ0v) is 13.5. The summed E-state index contributed by atoms with van der Waals surface area (Å²) < 4.78 is 7.09. The molecule has 0 saturated heterocycles. The molecule has 1 N–H and O–H groups in total. The van der Waals surface area contributed by atoms with Crippen LogP contribution in [0.1, 0.15) is 17.4 Å². The lowest BCUT2D eigenvalue weighted by Crippen LogP contribution is -2.18. The molecule has 0 amide bonds. The van der Waals surface area contributed by atoms with Crippen molar-refractivity contribution in [3.8, 4) is 5.88 Å². The maximum atomic E-state index is 5.99. The second kappa shape index (κ2) is 6.66. The van der Waals surface area contributed by atoms with Gasteiger partial charge in [-0.1, -0.05) is 23.7 Å². The van der Waals surface area contributed by atoms with Crippen LogP contribution in [-0.2, 0) is 7.05 Å². The second-order valence-electron chi connectivity index (χ2n) is 4.95. The summed E-state index contributed by atoms with van der Waals surface area (Å²) >= 11 is 5.99. The number of methoxy groups -OCH3 is 1. The van der Waals surface area contributed by atoms with E-state index in [0.717, 1.165) is 11.4 Å². The van der Waals surface area contributed by atoms with E-state index in [9.17, 15) is 0 Å². The number of anilines is 1. The van der Waals surface area contributed by atoms with E-state index in [0.29, 0.717) is 16.9 Å². The van der Waals surface area contributed by atoms with Gasteiger partial charge in [-0.05, 0) is 17.7 Å². The highest BCUT2D eigenvalue weighted by molar-refractivity contribution is 6.30. The molecule has 0 aliphatic carbocycles. The van der Waals surface area contributed by atoms with Crippen molar-refractivity contribution in [3.05, 3.63) is 65.3 Å². The minimum Gasteiger partial charge on any atom is -0.481 e. The smallest absolute Gasteiger partial charge is 0.226 e. The third-order valence-electron chi connectivity index (χ3n) is 3.43. The molecule has 0 aliphatic rings. The van der Waals surface area contributed by atoms with E-state index in [1.165, 1.54) is 0 Å². The first-order chi connectivity index (χ1) is 11.2. The summed E-state index contributed by atoms with van der Waals surface area (Å²) in [7, 11) is 3.51. The molecular weight excluding hydrogens is 314 g/mol. The van der Waals surface area contributed by atoms with Gasteiger partial charge in [0.15, 0.2) is 0 Å². The molecular formula is C16H16ClN5O. The van der Waals surface area contributed by atoms with Crippen molar-refractivity contribution in [3.63, 3.8) is 0 Å². The standard InChI is InChI=1S/C16H16ClN5O/c1-22-10-9-18-15(22)14(11-3-5-12(17)6-4-11)21-16-19-8-7-13(20-16)23-2/h3-10,14H,1-2H3,(H,19,20,21)/t14-/m1/s1. The Hall–Kier alpha value is -2.60. The van der Waals surface area contributed by atoms with Crippen molar-refractivity contribution < 1.29 is 4.74 Å². The van der Waals surface area contributed by atoms with Crippen LogP contribution in [0, 0.1) is 0 Å². The number of ether oxygens (including phenoxy) is 1. The number of rotatable bonds is 5. The largest absolute Gasteiger partial charge is 0.481 e. The van der Waals surface area contributed by atoms with Crippen molar-refractivity contribution in [1.29, 1.82) is 0 Å². The SMILES string of the molecule is COc1ccnc(N[C@H](c2ccc(Cl)cc2)c2nccn2C)n1. The molecule has 118 valence electrons. The highest BCUT2D eigenvalue weighted by Gasteiger charge is 2.19. The molecule has 23 heavy (non-hydrogen) atoms. The summed E-state index contributed by atoms with van der Waals surface area (Å²) in [6.07, 6.45) is 5.30. The molecule has 3 rings (SSSR count). The van der Waals surface area contributed by atoms with Gasteiger partial charge in [-0.15, -0.1) is 0 Å². The van der Waals surface area contributed by atoms with E-state index in [2.05, 4.69) is 20.3 Å². The number of aryl methyl sites for hydroxylation is 1. The summed E-state index contributed by atoms with van der Waals surface area (Å²) in [5, 5.41) is 3.99. The Balaban J connectivity index is 1.98. The van der Waals surface area contributed by atoms with E-state index in [1.807, 2.05) is 42.1 Å². The maximum Gasteiger partial charge on any atom is 0.226 e. The first-order valence-electron chi connectivity index (χ1n) is 7.03. The van der Waals surface area contributed by atoms with Crippen LogP contribution in [0.4, 0.5) is 5.95 Å². The number of nitrogens with one attached hydrogen (secondary N) is 1. The highest BCUT2D eigenvalue weighted by atomic mass is 35.5. The van der Waals surface area contributed by atoms with Gasteiger partial charge in [0, 0.05) is 36.7 Å². The minimum atomic E-state index is -0.209. The topological polar surface area (TPSA) is 64.9 Å². The van der Waals surface area contributed by atoms with Crippen molar-refractivity contribution in [2.45, 2.75) is 6.04 Å². The Bertz CT molecular complexity index is 787. The molecule has 1 aromatic carbocycles. The molecule has 0 fully saturated rings. The fourth-order valence-corrected chi connectivity index (χ4v) is 2.39. The molecule has 0 radical (unpaired) electrons. The molecule has 7 heteroatoms. The van der Waals surface area contributed by atoms with Crippen LogP contribution in [0.5, 0.6) is 5.88 Å². The van der Waals surface area contributed by atoms with Gasteiger partial charge in [-0.2, -0.15) is 4.98 Å². The summed E-state index contributed by atoms with van der Waals surface area (Å²) in [5.74, 6) is 1.81. The maximum absolute atomic E-state index is 5.99. The summed E-state index contributed by atoms with van der Waals surface area (Å²) in [5.41, 5.74) is 1.01. The lowest BCUT2D eigenvalue weighted by Gasteiger charge is -2.19. The van der Waals surface area contributed by atoms with Gasteiger partial charge in [0.05, 0.1) is 7.11 Å². The van der Waals surface area contributed by atoms with Crippen LogP contribution < -0.4 is 10.1 Å². The number of nitrogens with zero attached hydrogens (tertiary/aromatic N) is 4. The summed E-state index contributed by atoms with van der Waals surface area (Å²) in [6, 6.07) is 9.09. The van der Waals surface area contributed by atoms with Crippen LogP contribution in [-0.4, -0.2) is 26.6 Å². The summed E-state index contributed by atoms with van der Waals surface area (Å²) in [6.45, 7) is 0. The fourth-order valence-electron chi connectivity index (χ4n) is 2.26. The second-order valence-corrected chi connectivity index (χ2v) is 5.38. The minimum absolute atomic E-state index is 0.209. The van der Waals surface area contributed by atoms with E-state index < -0.39 is 0 Å². The monoisotopic (exact) mass is 329 g/mol. The van der Waals surface area contributed by atoms with Gasteiger partial charge in [-0.25, -0.2) is 9.97 Å². The quantitative estimate of drug-likeness (QED) is 0.779. The first-order valence-corrected chi connectivity index (χ1v) is 7.41. The van der Waals surface area contributed by atoms with Crippen molar-refractivity contribution in [2.24, 2.45) is 7.05 Å². The van der Waals surface area contributed by atoms with E-state index >= 15 is 0 Å². The van der Waals surface area contributed by atoms with Crippen molar-refractivity contribution >= 4 is 17.5 Å². The van der Waals surface area contributed by atoms with Crippen LogP contribution in [0.15, 0.2) is 48.9 Å². The first kappa shape index (κ1) is 15.3. The molecule has 2 aromatic heterocycles. The lowest BCUT2D eigenvalue weighted by atomic mass is 10.1. The van der Waals surface area contributed by atoms with Crippen LogP contribution in [0.25, 0.3) is 0 Å². The lowest BCUT2D eigenvalue weighted by molar-refractivity contribution is 0.397. The van der Waals surface area contributed by atoms with Gasteiger partial charge >= 0.3 is 0 Å². The van der Waals surface area contributed by atoms with Crippen LogP contribution in [0.3, 0.4) is 0 Å². The van der Waals surface area contributed by atoms with Crippen LogP contribution >= 0.6 is 11.6 Å². The zero-order valence-electron chi connectivity index (χ0n) is 12.8. The highest BCUT2D eigenvalue weighted by Crippen LogP contribution is 2.25. The molecule has 0 saturated carbocycles. The number of imidazole rings is 1. The molecule has 0 aliphatic heterocycles. The van der Waals surface area contributed by atoms with Crippen LogP contribution in [0.2, 0.25) is 5.02 Å². The molecule has 2 heterocycles. The zero-order chi connectivity index (χ0) is 16.2. The predicted molar refractivity (Wildman–Crippen MR) is 88.7 cm³/mol. The molecule has 0 bridgehead atoms. The van der Waals surface area contributed by atoms with Gasteiger partial charge in [-0.3, -0.25) is 0 Å². The fraction of sp³-hybridized carbons (Fsp3) is 0.188. The Kier molecular flexibility index (Phi) is 4.43. The van der Waals surface area contributed by atoms with E-state index in [1.54, 1.807) is 25.6 Å². The molecule has 1 atom stereocenters. The van der Waals surface area contributed by atoms with Crippen molar-refractivity contribution in [1.82, 2.24) is 19.5 Å². The number of aromatic nitrogens is 4. The van der Waals surface area contributed by atoms with Gasteiger partial charge in [0.1, 0.15) is 11.9 Å². The molecule has 6 nitrogen and oxygen atoms in total. The average Bonchev–Trinajstić information content (AvgIpc) is 3.00. The van der Waals surface area contributed by atoms with Gasteiger partial charge < -0.3 is 14.6 Å². The average molecular weight is 330 g/mol. The Morgan fingerprint density at radius 1 is 1.13 bits per heavy atom. The molecule has 0 spiro atoms. The Labute approximate surface area is 139 Å². The third kappa shape index (κ3) is 3.43. The summed E-state index contributed by atoms with van der Waals surface area (Å²) in [4.78, 5) is 13.0. The number of hydrogen-bond acceptors (Lipinski definition) is 5. The number of hydrogen-bond donors (Lipinski definition) is 1. The Morgan fingerprint density at radius 3 is 2.57 bits per heavy atom. The predicted octanol–water partition coefficient (Wildman–Crippen LogP) is 3.07. The van der Waals surface area contributed by atoms with E-state index in [4.69, 9.17) is 16.3 Å². The molecule has 3 aromatic rings. The molecule has 0 unspecified atom stereocenters. The Morgan fingerprint density at radius 2 is 1.91 bits per heavy atom. The number of benzene rings is 1. The van der Waals surface area contributed by atoms with Gasteiger partial charge in [0.2, 0.25) is 11.8 Å². The van der Waals surface area contributed by atoms with Crippen molar-refractivity contribution in [2.75, 3.05) is 12.4 Å². The van der Waals surface area contributed by atoms with Gasteiger partial charge in [0.25, 0.3) is 0 Å². The van der Waals surface area contributed by atoms with E-state index in [-0.39, 0.29) is 6.04 Å². The third-order valence-corrected chi connectivity index (χ3v) is 3.68. The normalized spacial score (nSPS) is 12.0. The number of halogens is 1.